The fraction of sp³-hybridized carbons (Fsp3) is 0.912. The number of fused-ring (bicyclic) bond motifs is 5. The normalized spacial score (nSPS) is 38.4. The van der Waals surface area contributed by atoms with Crippen LogP contribution in [-0.4, -0.2) is 39.7 Å². The van der Waals surface area contributed by atoms with Gasteiger partial charge in [-0.05, 0) is 123 Å². The van der Waals surface area contributed by atoms with Crippen LogP contribution in [0.4, 0.5) is 0 Å². The van der Waals surface area contributed by atoms with Crippen LogP contribution in [0, 0.1) is 34.5 Å². The van der Waals surface area contributed by atoms with Gasteiger partial charge in [0.2, 0.25) is 0 Å². The summed E-state index contributed by atoms with van der Waals surface area (Å²) in [6, 6.07) is 0. The van der Waals surface area contributed by atoms with E-state index in [-0.39, 0.29) is 10.8 Å². The zero-order chi connectivity index (χ0) is 27.2. The highest BCUT2D eigenvalue weighted by molar-refractivity contribution is 7.99. The Morgan fingerprint density at radius 1 is 0.842 bits per heavy atom. The van der Waals surface area contributed by atoms with Crippen LogP contribution in [0.3, 0.4) is 0 Å². The lowest BCUT2D eigenvalue weighted by atomic mass is 9.44. The second-order valence-corrected chi connectivity index (χ2v) is 15.5. The molecule has 0 aromatic rings. The van der Waals surface area contributed by atoms with Crippen molar-refractivity contribution in [2.75, 3.05) is 18.1 Å². The van der Waals surface area contributed by atoms with Crippen LogP contribution in [0.1, 0.15) is 136 Å². The number of carbonyl (C=O) groups excluding carboxylic acids is 1. The molecule has 4 aliphatic carbocycles. The molecule has 0 heterocycles. The molecule has 3 saturated carbocycles. The molecule has 0 aromatic carbocycles. The standard InChI is InChI=1S/C34H58O3S/c1-32-18-15-28(36)25-27(32)24-26(31-29(32)16-19-33(2)30(31)17-20-34(33,3)37)14-10-7-5-4-6-8-12-22-38-23-13-9-11-21-35/h25-26,29-31,35,37H,4-24H2,1-3H3/t26?,29?,30?,31?,32-,33-,34-/m0/s1. The lowest BCUT2D eigenvalue weighted by Gasteiger charge is -2.61. The van der Waals surface area contributed by atoms with Crippen LogP contribution in [0.5, 0.6) is 0 Å². The molecule has 218 valence electrons. The fourth-order valence-corrected chi connectivity index (χ4v) is 10.4. The molecule has 3 nitrogen and oxygen atoms in total. The van der Waals surface area contributed by atoms with Crippen molar-refractivity contribution in [2.24, 2.45) is 34.5 Å². The van der Waals surface area contributed by atoms with Gasteiger partial charge in [-0.15, -0.1) is 0 Å². The Balaban J connectivity index is 1.24. The molecule has 0 bridgehead atoms. The summed E-state index contributed by atoms with van der Waals surface area (Å²) in [5.41, 5.74) is 1.24. The number of thioether (sulfide) groups is 1. The molecule has 0 aliphatic heterocycles. The van der Waals surface area contributed by atoms with E-state index in [0.29, 0.717) is 30.1 Å². The van der Waals surface area contributed by atoms with Crippen molar-refractivity contribution in [1.82, 2.24) is 0 Å². The van der Waals surface area contributed by atoms with Crippen LogP contribution in [0.15, 0.2) is 11.6 Å². The van der Waals surface area contributed by atoms with Gasteiger partial charge in [0.05, 0.1) is 5.60 Å². The van der Waals surface area contributed by atoms with E-state index in [9.17, 15) is 9.90 Å². The first-order chi connectivity index (χ1) is 18.2. The first kappa shape index (κ1) is 30.6. The van der Waals surface area contributed by atoms with Crippen molar-refractivity contribution in [3.8, 4) is 0 Å². The predicted octanol–water partition coefficient (Wildman–Crippen LogP) is 8.51. The first-order valence-electron chi connectivity index (χ1n) is 16.4. The number of aliphatic hydroxyl groups excluding tert-OH is 1. The summed E-state index contributed by atoms with van der Waals surface area (Å²) in [6.45, 7) is 7.36. The third kappa shape index (κ3) is 6.59. The number of hydrogen-bond donors (Lipinski definition) is 2. The van der Waals surface area contributed by atoms with E-state index in [0.717, 1.165) is 44.4 Å². The Labute approximate surface area is 238 Å². The van der Waals surface area contributed by atoms with Gasteiger partial charge >= 0.3 is 0 Å². The highest BCUT2D eigenvalue weighted by Gasteiger charge is 2.64. The van der Waals surface area contributed by atoms with Crippen molar-refractivity contribution >= 4 is 17.5 Å². The number of rotatable bonds is 15. The van der Waals surface area contributed by atoms with Gasteiger partial charge in [-0.25, -0.2) is 0 Å². The van der Waals surface area contributed by atoms with Crippen molar-refractivity contribution in [1.29, 1.82) is 0 Å². The molecule has 0 aromatic heterocycles. The van der Waals surface area contributed by atoms with Gasteiger partial charge < -0.3 is 10.2 Å². The summed E-state index contributed by atoms with van der Waals surface area (Å²) in [5.74, 6) is 5.67. The second kappa shape index (κ2) is 13.6. The molecular formula is C34H58O3S. The molecule has 7 atom stereocenters. The predicted molar refractivity (Wildman–Crippen MR) is 161 cm³/mol. The van der Waals surface area contributed by atoms with E-state index < -0.39 is 5.60 Å². The average Bonchev–Trinajstić information content (AvgIpc) is 3.13. The lowest BCUT2D eigenvalue weighted by molar-refractivity contribution is -0.135. The van der Waals surface area contributed by atoms with E-state index in [1.165, 1.54) is 94.1 Å². The van der Waals surface area contributed by atoms with E-state index in [2.05, 4.69) is 38.6 Å². The molecule has 0 spiro atoms. The minimum absolute atomic E-state index is 0.0617. The Morgan fingerprint density at radius 3 is 2.18 bits per heavy atom. The minimum Gasteiger partial charge on any atom is -0.396 e. The van der Waals surface area contributed by atoms with Gasteiger partial charge in [0, 0.05) is 13.0 Å². The number of unbranched alkanes of at least 4 members (excludes halogenated alkanes) is 8. The molecule has 0 radical (unpaired) electrons. The molecule has 0 saturated heterocycles. The summed E-state index contributed by atoms with van der Waals surface area (Å²) < 4.78 is 0. The van der Waals surface area contributed by atoms with Gasteiger partial charge in [-0.2, -0.15) is 11.8 Å². The van der Waals surface area contributed by atoms with Crippen molar-refractivity contribution < 1.29 is 15.0 Å². The summed E-state index contributed by atoms with van der Waals surface area (Å²) in [6.07, 6.45) is 23.7. The Kier molecular flexibility index (Phi) is 10.9. The molecule has 4 rings (SSSR count). The molecule has 2 N–H and O–H groups in total. The highest BCUT2D eigenvalue weighted by Crippen LogP contribution is 2.69. The monoisotopic (exact) mass is 546 g/mol. The zero-order valence-electron chi connectivity index (χ0n) is 24.9. The average molecular weight is 547 g/mol. The molecule has 4 unspecified atom stereocenters. The van der Waals surface area contributed by atoms with Crippen molar-refractivity contribution in [3.05, 3.63) is 11.6 Å². The topological polar surface area (TPSA) is 57.5 Å². The third-order valence-electron chi connectivity index (χ3n) is 12.0. The minimum atomic E-state index is -0.523. The van der Waals surface area contributed by atoms with Gasteiger partial charge in [-0.1, -0.05) is 64.4 Å². The van der Waals surface area contributed by atoms with Crippen LogP contribution in [0.2, 0.25) is 0 Å². The van der Waals surface area contributed by atoms with Crippen LogP contribution < -0.4 is 0 Å². The molecular weight excluding hydrogens is 488 g/mol. The third-order valence-corrected chi connectivity index (χ3v) is 13.2. The molecule has 0 amide bonds. The second-order valence-electron chi connectivity index (χ2n) is 14.2. The van der Waals surface area contributed by atoms with Crippen LogP contribution >= 0.6 is 11.8 Å². The van der Waals surface area contributed by atoms with Crippen molar-refractivity contribution in [2.45, 2.75) is 142 Å². The largest absolute Gasteiger partial charge is 0.396 e. The number of hydrogen-bond acceptors (Lipinski definition) is 4. The van der Waals surface area contributed by atoms with Crippen molar-refractivity contribution in [3.63, 3.8) is 0 Å². The molecule has 3 fully saturated rings. The fourth-order valence-electron chi connectivity index (χ4n) is 9.33. The lowest BCUT2D eigenvalue weighted by Crippen LogP contribution is -2.56. The van der Waals surface area contributed by atoms with Gasteiger partial charge in [0.15, 0.2) is 5.78 Å². The van der Waals surface area contributed by atoms with E-state index in [4.69, 9.17) is 5.11 Å². The number of ketones is 1. The van der Waals surface area contributed by atoms with E-state index >= 15 is 0 Å². The Bertz CT molecular complexity index is 806. The maximum absolute atomic E-state index is 12.4. The quantitative estimate of drug-likeness (QED) is 0.202. The summed E-state index contributed by atoms with van der Waals surface area (Å²) in [7, 11) is 0. The maximum Gasteiger partial charge on any atom is 0.155 e. The summed E-state index contributed by atoms with van der Waals surface area (Å²) in [4.78, 5) is 12.4. The Hall–Kier alpha value is -0.320. The van der Waals surface area contributed by atoms with Crippen LogP contribution in [0.25, 0.3) is 0 Å². The number of allylic oxidation sites excluding steroid dienone is 1. The summed E-state index contributed by atoms with van der Waals surface area (Å²) in [5, 5.41) is 20.2. The van der Waals surface area contributed by atoms with E-state index in [1.807, 2.05) is 0 Å². The Morgan fingerprint density at radius 2 is 1.47 bits per heavy atom. The van der Waals surface area contributed by atoms with Crippen LogP contribution in [-0.2, 0) is 4.79 Å². The summed E-state index contributed by atoms with van der Waals surface area (Å²) >= 11 is 2.09. The zero-order valence-corrected chi connectivity index (χ0v) is 25.8. The smallest absolute Gasteiger partial charge is 0.155 e. The molecule has 4 heteroatoms. The SMILES string of the molecule is C[C@]12CCC(=O)C=C1CC(CCCCCCCCCSCCCCCO)C1C2CC[C@@]2(C)C1CC[C@]2(C)O. The van der Waals surface area contributed by atoms with E-state index in [1.54, 1.807) is 0 Å². The number of carbonyl (C=O) groups is 1. The van der Waals surface area contributed by atoms with Gasteiger partial charge in [-0.3, -0.25) is 4.79 Å². The maximum atomic E-state index is 12.4. The number of aliphatic hydroxyl groups is 2. The first-order valence-corrected chi connectivity index (χ1v) is 17.5. The molecule has 4 aliphatic rings. The highest BCUT2D eigenvalue weighted by atomic mass is 32.2. The molecule has 38 heavy (non-hydrogen) atoms. The van der Waals surface area contributed by atoms with Gasteiger partial charge in [0.1, 0.15) is 0 Å². The van der Waals surface area contributed by atoms with Gasteiger partial charge in [0.25, 0.3) is 0 Å².